The highest BCUT2D eigenvalue weighted by Crippen LogP contribution is 2.37. The van der Waals surface area contributed by atoms with E-state index in [1.54, 1.807) is 0 Å². The molecule has 6 nitrogen and oxygen atoms in total. The van der Waals surface area contributed by atoms with Crippen molar-refractivity contribution in [2.45, 2.75) is 6.18 Å². The highest BCUT2D eigenvalue weighted by atomic mass is 19.4. The average Bonchev–Trinajstić information content (AvgIpc) is 2.99. The fraction of sp³-hybridized carbons (Fsp3) is 0.467. The summed E-state index contributed by atoms with van der Waals surface area (Å²) >= 11 is 0. The number of anilines is 1. The minimum atomic E-state index is -4.71. The molecule has 0 saturated carbocycles. The molecule has 2 rings (SSSR count). The number of aliphatic carboxylic acids is 1. The Morgan fingerprint density at radius 3 is 2.60 bits per heavy atom. The van der Waals surface area contributed by atoms with Gasteiger partial charge in [0.15, 0.2) is 0 Å². The highest BCUT2D eigenvalue weighted by Gasteiger charge is 2.53. The zero-order valence-electron chi connectivity index (χ0n) is 12.9. The van der Waals surface area contributed by atoms with Gasteiger partial charge in [0.1, 0.15) is 19.0 Å². The summed E-state index contributed by atoms with van der Waals surface area (Å²) in [6, 6.07) is 5.07. The molecule has 0 aliphatic carbocycles. The first-order valence-corrected chi connectivity index (χ1v) is 7.36. The molecule has 1 heterocycles. The fourth-order valence-electron chi connectivity index (χ4n) is 2.57. The van der Waals surface area contributed by atoms with Gasteiger partial charge in [-0.25, -0.2) is 9.18 Å². The molecule has 0 unspecified atom stereocenters. The number of carbonyl (C=O) groups is 2. The summed E-state index contributed by atoms with van der Waals surface area (Å²) in [5.74, 6) is -5.13. The molecule has 0 aromatic heterocycles. The van der Waals surface area contributed by atoms with Crippen LogP contribution in [0.3, 0.4) is 0 Å². The Labute approximate surface area is 140 Å². The van der Waals surface area contributed by atoms with Gasteiger partial charge in [0.05, 0.1) is 11.8 Å². The molecule has 10 heteroatoms. The van der Waals surface area contributed by atoms with Crippen LogP contribution in [0.25, 0.3) is 0 Å². The largest absolute Gasteiger partial charge is 0.491 e. The normalized spacial score (nSPS) is 20.4. The average molecular weight is 364 g/mol. The number of nitrogens with one attached hydrogen (secondary N) is 1. The number of carboxylic acids is 1. The molecule has 1 saturated heterocycles. The number of carbonyl (C=O) groups excluding carboxylic acids is 1. The van der Waals surface area contributed by atoms with Crippen molar-refractivity contribution in [3.8, 4) is 5.75 Å². The summed E-state index contributed by atoms with van der Waals surface area (Å²) in [7, 11) is 0. The van der Waals surface area contributed by atoms with E-state index in [0.29, 0.717) is 0 Å². The molecule has 1 aromatic carbocycles. The van der Waals surface area contributed by atoms with Crippen LogP contribution in [0, 0.1) is 11.8 Å². The van der Waals surface area contributed by atoms with E-state index in [1.807, 2.05) is 0 Å². The van der Waals surface area contributed by atoms with Crippen LogP contribution < -0.4 is 10.1 Å². The van der Waals surface area contributed by atoms with Crippen molar-refractivity contribution in [2.75, 3.05) is 31.7 Å². The van der Waals surface area contributed by atoms with E-state index in [0.717, 1.165) is 4.90 Å². The number of hydrogen-bond donors (Lipinski definition) is 2. The standard InChI is InChI=1S/C15H16F4N2O4/c16-4-5-25-10-3-1-2-9(6-10)20-14(24)21-7-11(13(22)23)12(8-21)15(17,18)19/h1-3,6,11-12H,4-5,7-8H2,(H,20,24)(H,22,23)/t11-,12-/m1/s1. The van der Waals surface area contributed by atoms with Crippen LogP contribution in [-0.4, -0.2) is 54.6 Å². The van der Waals surface area contributed by atoms with E-state index in [4.69, 9.17) is 9.84 Å². The molecule has 2 amide bonds. The molecular formula is C15H16F4N2O4. The topological polar surface area (TPSA) is 78.9 Å². The van der Waals surface area contributed by atoms with Gasteiger partial charge >= 0.3 is 18.2 Å². The Bertz CT molecular complexity index is 638. The van der Waals surface area contributed by atoms with E-state index in [2.05, 4.69) is 5.32 Å². The van der Waals surface area contributed by atoms with Gasteiger partial charge in [-0.2, -0.15) is 13.2 Å². The molecule has 2 N–H and O–H groups in total. The van der Waals surface area contributed by atoms with Gasteiger partial charge in [-0.15, -0.1) is 0 Å². The van der Waals surface area contributed by atoms with Crippen molar-refractivity contribution < 1.29 is 37.0 Å². The number of nitrogens with zero attached hydrogens (tertiary/aromatic N) is 1. The second-order valence-corrected chi connectivity index (χ2v) is 5.49. The second-order valence-electron chi connectivity index (χ2n) is 5.49. The van der Waals surface area contributed by atoms with Gasteiger partial charge in [-0.3, -0.25) is 4.79 Å². The van der Waals surface area contributed by atoms with Crippen molar-refractivity contribution >= 4 is 17.7 Å². The SMILES string of the molecule is O=C(O)[C@@H]1CN(C(=O)Nc2cccc(OCCF)c2)C[C@H]1C(F)(F)F. The molecule has 0 spiro atoms. The Hall–Kier alpha value is -2.52. The third-order valence-electron chi connectivity index (χ3n) is 3.78. The molecule has 0 radical (unpaired) electrons. The first-order valence-electron chi connectivity index (χ1n) is 7.36. The zero-order chi connectivity index (χ0) is 18.6. The minimum Gasteiger partial charge on any atom is -0.491 e. The summed E-state index contributed by atoms with van der Waals surface area (Å²) in [5.41, 5.74) is 0.240. The lowest BCUT2D eigenvalue weighted by molar-refractivity contribution is -0.187. The van der Waals surface area contributed by atoms with Crippen molar-refractivity contribution in [3.63, 3.8) is 0 Å². The lowest BCUT2D eigenvalue weighted by atomic mass is 9.96. The molecule has 2 atom stereocenters. The Balaban J connectivity index is 2.05. The number of ether oxygens (including phenoxy) is 1. The van der Waals surface area contributed by atoms with Crippen molar-refractivity contribution in [2.24, 2.45) is 11.8 Å². The summed E-state index contributed by atoms with van der Waals surface area (Å²) in [6.45, 7) is -2.13. The molecular weight excluding hydrogens is 348 g/mol. The molecule has 25 heavy (non-hydrogen) atoms. The van der Waals surface area contributed by atoms with Crippen LogP contribution in [0.2, 0.25) is 0 Å². The van der Waals surface area contributed by atoms with E-state index in [9.17, 15) is 27.2 Å². The van der Waals surface area contributed by atoms with Crippen molar-refractivity contribution in [1.82, 2.24) is 4.90 Å². The predicted octanol–water partition coefficient (Wildman–Crippen LogP) is 2.76. The fourth-order valence-corrected chi connectivity index (χ4v) is 2.57. The Morgan fingerprint density at radius 1 is 1.32 bits per heavy atom. The number of benzene rings is 1. The summed E-state index contributed by atoms with van der Waals surface area (Å²) < 4.78 is 55.9. The van der Waals surface area contributed by atoms with Crippen molar-refractivity contribution in [1.29, 1.82) is 0 Å². The summed E-state index contributed by atoms with van der Waals surface area (Å²) in [6.07, 6.45) is -4.71. The third-order valence-corrected chi connectivity index (χ3v) is 3.78. The van der Waals surface area contributed by atoms with Crippen LogP contribution in [0.1, 0.15) is 0 Å². The number of amides is 2. The number of rotatable bonds is 5. The molecule has 1 aromatic rings. The first kappa shape index (κ1) is 18.8. The van der Waals surface area contributed by atoms with Gasteiger partial charge in [-0.1, -0.05) is 6.07 Å². The second kappa shape index (κ2) is 7.58. The monoisotopic (exact) mass is 364 g/mol. The number of alkyl halides is 4. The number of likely N-dealkylation sites (tertiary alicyclic amines) is 1. The molecule has 0 bridgehead atoms. The minimum absolute atomic E-state index is 0.170. The van der Waals surface area contributed by atoms with Crippen molar-refractivity contribution in [3.05, 3.63) is 24.3 Å². The quantitative estimate of drug-likeness (QED) is 0.788. The van der Waals surface area contributed by atoms with Gasteiger partial charge < -0.3 is 20.1 Å². The Morgan fingerprint density at radius 2 is 2.04 bits per heavy atom. The molecule has 1 aliphatic heterocycles. The maximum atomic E-state index is 12.9. The lowest BCUT2D eigenvalue weighted by Crippen LogP contribution is -2.35. The van der Waals surface area contributed by atoms with E-state index < -0.39 is 49.8 Å². The lowest BCUT2D eigenvalue weighted by Gasteiger charge is -2.19. The number of hydrogen-bond acceptors (Lipinski definition) is 3. The van der Waals surface area contributed by atoms with E-state index in [1.165, 1.54) is 24.3 Å². The van der Waals surface area contributed by atoms with Crippen LogP contribution in [0.5, 0.6) is 5.75 Å². The highest BCUT2D eigenvalue weighted by molar-refractivity contribution is 5.90. The smallest absolute Gasteiger partial charge is 0.394 e. The number of carboxylic acid groups (broad SMARTS) is 1. The zero-order valence-corrected chi connectivity index (χ0v) is 12.9. The van der Waals surface area contributed by atoms with Gasteiger partial charge in [-0.05, 0) is 12.1 Å². The van der Waals surface area contributed by atoms with Crippen LogP contribution >= 0.6 is 0 Å². The van der Waals surface area contributed by atoms with Gasteiger partial charge in [0, 0.05) is 24.8 Å². The maximum absolute atomic E-state index is 12.9. The third kappa shape index (κ3) is 4.74. The summed E-state index contributed by atoms with van der Waals surface area (Å²) in [5, 5.41) is 11.3. The number of halogens is 4. The molecule has 138 valence electrons. The number of urea groups is 1. The van der Waals surface area contributed by atoms with Crippen LogP contribution in [0.15, 0.2) is 24.3 Å². The van der Waals surface area contributed by atoms with Gasteiger partial charge in [0.25, 0.3) is 0 Å². The predicted molar refractivity (Wildman–Crippen MR) is 79.2 cm³/mol. The van der Waals surface area contributed by atoms with Crippen LogP contribution in [-0.2, 0) is 4.79 Å². The Kier molecular flexibility index (Phi) is 5.70. The maximum Gasteiger partial charge on any atom is 0.394 e. The summed E-state index contributed by atoms with van der Waals surface area (Å²) in [4.78, 5) is 24.0. The van der Waals surface area contributed by atoms with E-state index >= 15 is 0 Å². The van der Waals surface area contributed by atoms with Crippen LogP contribution in [0.4, 0.5) is 28.0 Å². The first-order chi connectivity index (χ1) is 11.7. The molecule has 1 fully saturated rings. The van der Waals surface area contributed by atoms with Gasteiger partial charge in [0.2, 0.25) is 0 Å². The van der Waals surface area contributed by atoms with E-state index in [-0.39, 0.29) is 18.0 Å². The molecule has 1 aliphatic rings.